The van der Waals surface area contributed by atoms with Crippen LogP contribution in [0.15, 0.2) is 40.7 Å². The second kappa shape index (κ2) is 11.7. The van der Waals surface area contributed by atoms with Crippen LogP contribution in [0.3, 0.4) is 0 Å². The molecule has 5 nitrogen and oxygen atoms in total. The predicted molar refractivity (Wildman–Crippen MR) is 132 cm³/mol. The third-order valence-electron chi connectivity index (χ3n) is 5.18. The van der Waals surface area contributed by atoms with Gasteiger partial charge in [-0.15, -0.1) is 35.3 Å². The van der Waals surface area contributed by atoms with Crippen molar-refractivity contribution >= 4 is 47.0 Å². The third-order valence-corrected chi connectivity index (χ3v) is 6.23. The zero-order valence-corrected chi connectivity index (χ0v) is 20.5. The van der Waals surface area contributed by atoms with Gasteiger partial charge in [0.05, 0.1) is 11.7 Å². The molecule has 1 saturated heterocycles. The van der Waals surface area contributed by atoms with Crippen LogP contribution in [0.4, 0.5) is 10.1 Å². The van der Waals surface area contributed by atoms with E-state index in [9.17, 15) is 4.39 Å². The minimum Gasteiger partial charge on any atom is -0.367 e. The summed E-state index contributed by atoms with van der Waals surface area (Å²) in [5.41, 5.74) is 1.61. The molecular weight excluding hydrogens is 500 g/mol. The molecule has 0 saturated carbocycles. The molecule has 0 amide bonds. The lowest BCUT2D eigenvalue weighted by Gasteiger charge is -2.35. The Labute approximate surface area is 194 Å². The summed E-state index contributed by atoms with van der Waals surface area (Å²) >= 11 is 1.71. The molecule has 29 heavy (non-hydrogen) atoms. The van der Waals surface area contributed by atoms with Gasteiger partial charge in [0.2, 0.25) is 0 Å². The fraction of sp³-hybridized carbons (Fsp3) is 0.476. The van der Waals surface area contributed by atoms with E-state index in [1.165, 1.54) is 4.88 Å². The van der Waals surface area contributed by atoms with Gasteiger partial charge in [-0.2, -0.15) is 0 Å². The van der Waals surface area contributed by atoms with Crippen LogP contribution in [-0.2, 0) is 6.54 Å². The van der Waals surface area contributed by atoms with Crippen LogP contribution in [0, 0.1) is 5.82 Å². The zero-order chi connectivity index (χ0) is 19.9. The molecule has 2 heterocycles. The highest BCUT2D eigenvalue weighted by Crippen LogP contribution is 2.22. The number of nitrogens with zero attached hydrogens (tertiary/aromatic N) is 3. The van der Waals surface area contributed by atoms with Gasteiger partial charge in [-0.3, -0.25) is 4.99 Å². The largest absolute Gasteiger partial charge is 0.367 e. The quantitative estimate of drug-likeness (QED) is 0.335. The van der Waals surface area contributed by atoms with Crippen LogP contribution < -0.4 is 15.5 Å². The Morgan fingerprint density at radius 1 is 1.24 bits per heavy atom. The average molecular weight is 531 g/mol. The van der Waals surface area contributed by atoms with E-state index in [-0.39, 0.29) is 35.8 Å². The van der Waals surface area contributed by atoms with E-state index in [4.69, 9.17) is 0 Å². The number of hydrogen-bond donors (Lipinski definition) is 2. The standard InChI is InChI=1S/C21H30FN5S.HI/c1-4-26-9-11-27(12-10-26)19-8-7-17(14-18(19)22)15-24-21(23-3)25-16(2)20-6-5-13-28-20;/h5-8,13-14,16H,4,9-12,15H2,1-3H3,(H2,23,24,25);1H. The number of rotatable bonds is 6. The Bertz CT molecular complexity index is 775. The lowest BCUT2D eigenvalue weighted by molar-refractivity contribution is 0.270. The number of halogens is 2. The number of nitrogens with one attached hydrogen (secondary N) is 2. The summed E-state index contributed by atoms with van der Waals surface area (Å²) < 4.78 is 14.7. The minimum absolute atomic E-state index is 0. The Balaban J connectivity index is 0.00000300. The van der Waals surface area contributed by atoms with E-state index in [1.54, 1.807) is 24.5 Å². The predicted octanol–water partition coefficient (Wildman–Crippen LogP) is 4.07. The fourth-order valence-corrected chi connectivity index (χ4v) is 4.15. The minimum atomic E-state index is -0.154. The first-order valence-electron chi connectivity index (χ1n) is 9.87. The molecule has 160 valence electrons. The first kappa shape index (κ1) is 23.9. The maximum absolute atomic E-state index is 14.7. The summed E-state index contributed by atoms with van der Waals surface area (Å²) in [6.07, 6.45) is 0. The van der Waals surface area contributed by atoms with E-state index in [0.29, 0.717) is 18.2 Å². The molecular formula is C21H31FIN5S. The van der Waals surface area contributed by atoms with Gasteiger partial charge in [-0.25, -0.2) is 4.39 Å². The van der Waals surface area contributed by atoms with E-state index in [1.807, 2.05) is 18.2 Å². The highest BCUT2D eigenvalue weighted by Gasteiger charge is 2.18. The molecule has 3 rings (SSSR count). The van der Waals surface area contributed by atoms with E-state index < -0.39 is 0 Å². The molecule has 1 aromatic carbocycles. The van der Waals surface area contributed by atoms with Crippen LogP contribution in [0.5, 0.6) is 0 Å². The molecule has 1 atom stereocenters. The van der Waals surface area contributed by atoms with Crippen molar-refractivity contribution in [2.24, 2.45) is 4.99 Å². The zero-order valence-electron chi connectivity index (χ0n) is 17.3. The topological polar surface area (TPSA) is 42.9 Å². The summed E-state index contributed by atoms with van der Waals surface area (Å²) in [7, 11) is 1.75. The van der Waals surface area contributed by atoms with Crippen molar-refractivity contribution in [1.82, 2.24) is 15.5 Å². The summed E-state index contributed by atoms with van der Waals surface area (Å²) in [5.74, 6) is 0.556. The molecule has 1 unspecified atom stereocenters. The lowest BCUT2D eigenvalue weighted by Crippen LogP contribution is -2.46. The number of piperazine rings is 1. The van der Waals surface area contributed by atoms with Crippen molar-refractivity contribution in [1.29, 1.82) is 0 Å². The van der Waals surface area contributed by atoms with Gasteiger partial charge in [0, 0.05) is 44.6 Å². The maximum atomic E-state index is 14.7. The highest BCUT2D eigenvalue weighted by molar-refractivity contribution is 14.0. The molecule has 0 bridgehead atoms. The van der Waals surface area contributed by atoms with E-state index in [2.05, 4.69) is 50.7 Å². The molecule has 1 aliphatic rings. The Hall–Kier alpha value is -1.39. The van der Waals surface area contributed by atoms with Crippen molar-refractivity contribution in [2.75, 3.05) is 44.7 Å². The normalized spacial score (nSPS) is 16.3. The Morgan fingerprint density at radius 2 is 2.00 bits per heavy atom. The first-order chi connectivity index (χ1) is 13.6. The van der Waals surface area contributed by atoms with Crippen molar-refractivity contribution in [3.05, 3.63) is 52.0 Å². The van der Waals surface area contributed by atoms with E-state index in [0.717, 1.165) is 38.3 Å². The molecule has 2 N–H and O–H groups in total. The lowest BCUT2D eigenvalue weighted by atomic mass is 10.1. The number of guanidine groups is 1. The number of benzene rings is 1. The number of hydrogen-bond acceptors (Lipinski definition) is 4. The molecule has 0 aliphatic carbocycles. The molecule has 1 aliphatic heterocycles. The smallest absolute Gasteiger partial charge is 0.191 e. The third kappa shape index (κ3) is 6.55. The second-order valence-corrected chi connectivity index (χ2v) is 7.99. The summed E-state index contributed by atoms with van der Waals surface area (Å²) in [6, 6.07) is 9.84. The highest BCUT2D eigenvalue weighted by atomic mass is 127. The first-order valence-corrected chi connectivity index (χ1v) is 10.7. The van der Waals surface area contributed by atoms with Gasteiger partial charge in [-0.1, -0.05) is 19.1 Å². The van der Waals surface area contributed by atoms with Crippen LogP contribution in [0.1, 0.15) is 30.3 Å². The summed E-state index contributed by atoms with van der Waals surface area (Å²) in [5, 5.41) is 8.71. The monoisotopic (exact) mass is 531 g/mol. The van der Waals surface area contributed by atoms with Crippen LogP contribution in [0.2, 0.25) is 0 Å². The van der Waals surface area contributed by atoms with Crippen LogP contribution in [0.25, 0.3) is 0 Å². The summed E-state index contributed by atoms with van der Waals surface area (Å²) in [6.45, 7) is 9.58. The number of thiophene rings is 1. The number of likely N-dealkylation sites (N-methyl/N-ethyl adjacent to an activating group) is 1. The molecule has 1 fully saturated rings. The van der Waals surface area contributed by atoms with Gasteiger partial charge in [0.15, 0.2) is 5.96 Å². The van der Waals surface area contributed by atoms with Gasteiger partial charge in [-0.05, 0) is 42.6 Å². The van der Waals surface area contributed by atoms with Crippen LogP contribution in [-0.4, -0.2) is 50.6 Å². The fourth-order valence-electron chi connectivity index (χ4n) is 3.42. The van der Waals surface area contributed by atoms with Gasteiger partial charge in [0.25, 0.3) is 0 Å². The second-order valence-electron chi connectivity index (χ2n) is 7.01. The van der Waals surface area contributed by atoms with Crippen molar-refractivity contribution in [3.63, 3.8) is 0 Å². The molecule has 0 radical (unpaired) electrons. The Morgan fingerprint density at radius 3 is 2.59 bits per heavy atom. The van der Waals surface area contributed by atoms with E-state index >= 15 is 0 Å². The number of anilines is 1. The van der Waals surface area contributed by atoms with Gasteiger partial charge < -0.3 is 20.4 Å². The summed E-state index contributed by atoms with van der Waals surface area (Å²) in [4.78, 5) is 10.1. The molecule has 1 aromatic heterocycles. The molecule has 2 aromatic rings. The van der Waals surface area contributed by atoms with Crippen LogP contribution >= 0.6 is 35.3 Å². The maximum Gasteiger partial charge on any atom is 0.191 e. The van der Waals surface area contributed by atoms with Crippen molar-refractivity contribution in [3.8, 4) is 0 Å². The molecule has 0 spiro atoms. The molecule has 8 heteroatoms. The van der Waals surface area contributed by atoms with Crippen molar-refractivity contribution < 1.29 is 4.39 Å². The van der Waals surface area contributed by atoms with Gasteiger partial charge in [0.1, 0.15) is 5.82 Å². The van der Waals surface area contributed by atoms with Crippen molar-refractivity contribution in [2.45, 2.75) is 26.4 Å². The number of aliphatic imine (C=N–C) groups is 1. The average Bonchev–Trinajstić information content (AvgIpc) is 3.26. The SMILES string of the molecule is CCN1CCN(c2ccc(CNC(=NC)NC(C)c3cccs3)cc2F)CC1.I. The van der Waals surface area contributed by atoms with Gasteiger partial charge >= 0.3 is 0 Å². The Kier molecular flexibility index (Phi) is 9.64.